The third kappa shape index (κ3) is 9.60. The highest BCUT2D eigenvalue weighted by atomic mass is 32.2. The van der Waals surface area contributed by atoms with Crippen LogP contribution in [0.5, 0.6) is 5.75 Å². The summed E-state index contributed by atoms with van der Waals surface area (Å²) in [6.45, 7) is 10.0. The van der Waals surface area contributed by atoms with E-state index in [1.54, 1.807) is 36.2 Å². The summed E-state index contributed by atoms with van der Waals surface area (Å²) in [6, 6.07) is 8.51. The highest BCUT2D eigenvalue weighted by molar-refractivity contribution is 7.89. The van der Waals surface area contributed by atoms with Gasteiger partial charge < -0.3 is 15.0 Å². The standard InChI is InChI=1S/C36H45F3N4O5S/c1-5-7-9-10-11-17-42(4)33(44)28-13-12-27(26(3)22-28)14-21-49(46,47)43-18-15-35(16-19-43)34(45)40-32(41-35)29-23-30(36(37,38)39)25-31(24-29)48-20-8-6-2/h5-6,12-13,22-25H,1-2,7-11,14-21H2,3-4H3,(H,40,41,45). The summed E-state index contributed by atoms with van der Waals surface area (Å²) in [7, 11) is -1.92. The summed E-state index contributed by atoms with van der Waals surface area (Å²) in [5.74, 6) is -0.735. The van der Waals surface area contributed by atoms with Gasteiger partial charge >= 0.3 is 6.18 Å². The molecule has 2 aliphatic heterocycles. The maximum atomic E-state index is 13.7. The Hall–Kier alpha value is -3.97. The van der Waals surface area contributed by atoms with Crippen molar-refractivity contribution in [2.24, 2.45) is 4.99 Å². The quantitative estimate of drug-likeness (QED) is 0.169. The van der Waals surface area contributed by atoms with Crippen LogP contribution in [0.25, 0.3) is 0 Å². The van der Waals surface area contributed by atoms with Gasteiger partial charge in [-0.25, -0.2) is 12.7 Å². The zero-order valence-corrected chi connectivity index (χ0v) is 29.0. The Bertz CT molecular complexity index is 1680. The van der Waals surface area contributed by atoms with Crippen LogP contribution in [0.4, 0.5) is 13.2 Å². The number of ether oxygens (including phenoxy) is 1. The van der Waals surface area contributed by atoms with Crippen molar-refractivity contribution in [3.05, 3.63) is 89.5 Å². The Morgan fingerprint density at radius 1 is 1.08 bits per heavy atom. The Balaban J connectivity index is 1.37. The van der Waals surface area contributed by atoms with Gasteiger partial charge in [0, 0.05) is 37.8 Å². The maximum absolute atomic E-state index is 13.7. The fourth-order valence-corrected chi connectivity index (χ4v) is 7.46. The fraction of sp³-hybridized carbons (Fsp3) is 0.472. The van der Waals surface area contributed by atoms with Crippen LogP contribution < -0.4 is 10.1 Å². The Morgan fingerprint density at radius 2 is 1.80 bits per heavy atom. The van der Waals surface area contributed by atoms with E-state index in [0.29, 0.717) is 18.5 Å². The van der Waals surface area contributed by atoms with Crippen molar-refractivity contribution in [3.63, 3.8) is 0 Å². The number of hydrogen-bond acceptors (Lipinski definition) is 6. The second kappa shape index (κ2) is 16.2. The summed E-state index contributed by atoms with van der Waals surface area (Å²) in [5, 5.41) is 2.62. The smallest absolute Gasteiger partial charge is 0.416 e. The van der Waals surface area contributed by atoms with Gasteiger partial charge in [0.1, 0.15) is 17.1 Å². The number of rotatable bonds is 16. The summed E-state index contributed by atoms with van der Waals surface area (Å²) < 4.78 is 74.5. The van der Waals surface area contributed by atoms with Gasteiger partial charge in [-0.05, 0) is 93.3 Å². The molecule has 49 heavy (non-hydrogen) atoms. The molecule has 2 aliphatic rings. The van der Waals surface area contributed by atoms with Crippen molar-refractivity contribution in [3.8, 4) is 5.75 Å². The third-order valence-corrected chi connectivity index (χ3v) is 10.9. The van der Waals surface area contributed by atoms with Gasteiger partial charge in [-0.1, -0.05) is 24.6 Å². The molecule has 1 fully saturated rings. The molecule has 0 aromatic heterocycles. The predicted molar refractivity (Wildman–Crippen MR) is 184 cm³/mol. The number of allylic oxidation sites excluding steroid dienone is 1. The lowest BCUT2D eigenvalue weighted by molar-refractivity contribution is -0.137. The molecule has 1 N–H and O–H groups in total. The number of amidine groups is 1. The van der Waals surface area contributed by atoms with Crippen molar-refractivity contribution in [1.82, 2.24) is 14.5 Å². The molecular formula is C36H45F3N4O5S. The number of carbonyl (C=O) groups excluding carboxylic acids is 2. The van der Waals surface area contributed by atoms with E-state index >= 15 is 0 Å². The van der Waals surface area contributed by atoms with Crippen LogP contribution in [-0.2, 0) is 27.4 Å². The topological polar surface area (TPSA) is 108 Å². The summed E-state index contributed by atoms with van der Waals surface area (Å²) in [4.78, 5) is 32.3. The van der Waals surface area contributed by atoms with Gasteiger partial charge in [-0.15, -0.1) is 13.2 Å². The number of piperidine rings is 1. The minimum absolute atomic E-state index is 0.00640. The van der Waals surface area contributed by atoms with Crippen molar-refractivity contribution in [2.45, 2.75) is 70.0 Å². The predicted octanol–water partition coefficient (Wildman–Crippen LogP) is 6.07. The minimum atomic E-state index is -4.65. The first-order chi connectivity index (χ1) is 23.2. The molecule has 0 radical (unpaired) electrons. The molecule has 0 atom stereocenters. The lowest BCUT2D eigenvalue weighted by Gasteiger charge is -2.34. The number of carbonyl (C=O) groups is 2. The van der Waals surface area contributed by atoms with Crippen molar-refractivity contribution in [2.75, 3.05) is 39.0 Å². The highest BCUT2D eigenvalue weighted by Gasteiger charge is 2.47. The van der Waals surface area contributed by atoms with Crippen molar-refractivity contribution >= 4 is 27.7 Å². The highest BCUT2D eigenvalue weighted by Crippen LogP contribution is 2.36. The molecule has 0 saturated carbocycles. The molecule has 13 heteroatoms. The first-order valence-corrected chi connectivity index (χ1v) is 18.1. The first-order valence-electron chi connectivity index (χ1n) is 16.5. The number of halogens is 3. The largest absolute Gasteiger partial charge is 0.493 e. The second-order valence-electron chi connectivity index (χ2n) is 12.6. The van der Waals surface area contributed by atoms with Gasteiger partial charge in [0.2, 0.25) is 10.0 Å². The molecule has 2 aromatic rings. The van der Waals surface area contributed by atoms with Crippen molar-refractivity contribution in [1.29, 1.82) is 0 Å². The van der Waals surface area contributed by atoms with E-state index in [1.165, 1.54) is 10.4 Å². The molecule has 9 nitrogen and oxygen atoms in total. The average molecular weight is 703 g/mol. The summed E-state index contributed by atoms with van der Waals surface area (Å²) >= 11 is 0. The van der Waals surface area contributed by atoms with Crippen LogP contribution in [0.3, 0.4) is 0 Å². The van der Waals surface area contributed by atoms with Crippen LogP contribution in [0, 0.1) is 6.92 Å². The Kier molecular flexibility index (Phi) is 12.5. The molecule has 0 aliphatic carbocycles. The number of nitrogens with zero attached hydrogens (tertiary/aromatic N) is 3. The molecule has 2 heterocycles. The first kappa shape index (κ1) is 37.8. The maximum Gasteiger partial charge on any atom is 0.416 e. The number of amides is 2. The zero-order chi connectivity index (χ0) is 35.8. The normalized spacial score (nSPS) is 16.3. The average Bonchev–Trinajstić information content (AvgIpc) is 3.38. The van der Waals surface area contributed by atoms with Gasteiger partial charge in [0.25, 0.3) is 11.8 Å². The van der Waals surface area contributed by atoms with Gasteiger partial charge in [-0.2, -0.15) is 13.2 Å². The van der Waals surface area contributed by atoms with Crippen LogP contribution in [-0.4, -0.2) is 79.9 Å². The number of hydrogen-bond donors (Lipinski definition) is 1. The number of nitrogens with one attached hydrogen (secondary N) is 1. The number of sulfonamides is 1. The van der Waals surface area contributed by atoms with Crippen LogP contribution in [0.1, 0.15) is 77.6 Å². The Morgan fingerprint density at radius 3 is 2.45 bits per heavy atom. The second-order valence-corrected chi connectivity index (χ2v) is 14.7. The Labute approximate surface area is 287 Å². The number of aryl methyl sites for hydroxylation is 2. The van der Waals surface area contributed by atoms with Crippen LogP contribution in [0.2, 0.25) is 0 Å². The number of aliphatic imine (C=N–C) groups is 1. The third-order valence-electron chi connectivity index (χ3n) is 8.99. The summed E-state index contributed by atoms with van der Waals surface area (Å²) in [5.41, 5.74) is 0.0298. The van der Waals surface area contributed by atoms with E-state index in [-0.39, 0.29) is 67.8 Å². The summed E-state index contributed by atoms with van der Waals surface area (Å²) in [6.07, 6.45) is 3.61. The molecule has 1 spiro atoms. The van der Waals surface area contributed by atoms with Crippen LogP contribution >= 0.6 is 0 Å². The van der Waals surface area contributed by atoms with E-state index in [4.69, 9.17) is 4.74 Å². The van der Waals surface area contributed by atoms with Crippen molar-refractivity contribution < 1.29 is 35.9 Å². The van der Waals surface area contributed by atoms with Gasteiger partial charge in [0.05, 0.1) is 17.9 Å². The SMILES string of the molecule is C=CCCCCCN(C)C(=O)c1ccc(CCS(=O)(=O)N2CCC3(CC2)N=C(c2cc(OCCC=C)cc(C(F)(F)F)c2)NC3=O)c(C)c1. The number of unbranched alkanes of at least 4 members (excludes halogenated alkanes) is 3. The molecule has 2 aromatic carbocycles. The van der Waals surface area contributed by atoms with Crippen LogP contribution in [0.15, 0.2) is 66.7 Å². The monoisotopic (exact) mass is 702 g/mol. The van der Waals surface area contributed by atoms with E-state index < -0.39 is 33.2 Å². The lowest BCUT2D eigenvalue weighted by Crippen LogP contribution is -2.50. The molecule has 1 saturated heterocycles. The number of alkyl halides is 3. The molecule has 0 bridgehead atoms. The lowest BCUT2D eigenvalue weighted by atomic mass is 9.89. The molecule has 266 valence electrons. The molecule has 2 amide bonds. The van der Waals surface area contributed by atoms with E-state index in [0.717, 1.165) is 48.9 Å². The van der Waals surface area contributed by atoms with E-state index in [1.807, 2.05) is 13.0 Å². The molecule has 4 rings (SSSR count). The van der Waals surface area contributed by atoms with Gasteiger partial charge in [-0.3, -0.25) is 14.6 Å². The minimum Gasteiger partial charge on any atom is -0.493 e. The fourth-order valence-electron chi connectivity index (χ4n) is 5.98. The van der Waals surface area contributed by atoms with Gasteiger partial charge in [0.15, 0.2) is 0 Å². The zero-order valence-electron chi connectivity index (χ0n) is 28.2. The molecule has 0 unspecified atom stereocenters. The van der Waals surface area contributed by atoms with E-state index in [2.05, 4.69) is 23.5 Å². The number of benzene rings is 2. The van der Waals surface area contributed by atoms with E-state index in [9.17, 15) is 31.2 Å². The molecular weight excluding hydrogens is 657 g/mol.